The normalized spacial score (nSPS) is 26.6. The number of sulfonamides is 1. The number of likely N-dealkylation sites (tertiary alicyclic amines) is 1. The number of amides is 1. The number of halogens is 3. The van der Waals surface area contributed by atoms with Gasteiger partial charge in [0, 0.05) is 36.6 Å². The van der Waals surface area contributed by atoms with Crippen molar-refractivity contribution in [3.8, 4) is 0 Å². The summed E-state index contributed by atoms with van der Waals surface area (Å²) < 4.78 is 73.4. The van der Waals surface area contributed by atoms with E-state index >= 15 is 0 Å². The molecule has 3 saturated heterocycles. The van der Waals surface area contributed by atoms with E-state index in [1.807, 2.05) is 30.0 Å². The summed E-state index contributed by atoms with van der Waals surface area (Å²) in [5.74, 6) is 0. The van der Waals surface area contributed by atoms with Crippen LogP contribution in [0.5, 0.6) is 0 Å². The lowest BCUT2D eigenvalue weighted by molar-refractivity contribution is -0.137. The fourth-order valence-corrected chi connectivity index (χ4v) is 9.17. The van der Waals surface area contributed by atoms with Crippen LogP contribution in [0.2, 0.25) is 0 Å². The molecule has 0 N–H and O–H groups in total. The van der Waals surface area contributed by atoms with Crippen LogP contribution in [0.25, 0.3) is 0 Å². The monoisotopic (exact) mass is 591 g/mol. The average molecular weight is 592 g/mol. The second-order valence-corrected chi connectivity index (χ2v) is 13.8. The number of alkyl halides is 3. The maximum Gasteiger partial charge on any atom is 0.416 e. The molecular weight excluding hydrogens is 555 g/mol. The fraction of sp³-hybridized carbons (Fsp3) is 0.567. The Morgan fingerprint density at radius 3 is 2.22 bits per heavy atom. The highest BCUT2D eigenvalue weighted by Gasteiger charge is 2.49. The maximum atomic E-state index is 13.7. The Morgan fingerprint density at radius 1 is 0.976 bits per heavy atom. The lowest BCUT2D eigenvalue weighted by Crippen LogP contribution is -2.57. The maximum absolute atomic E-state index is 13.7. The number of hydrogen-bond donors (Lipinski definition) is 0. The van der Waals surface area contributed by atoms with Gasteiger partial charge in [-0.3, -0.25) is 0 Å². The van der Waals surface area contributed by atoms with Crippen molar-refractivity contribution in [2.24, 2.45) is 0 Å². The van der Waals surface area contributed by atoms with Crippen molar-refractivity contribution in [1.29, 1.82) is 0 Å². The van der Waals surface area contributed by atoms with E-state index in [9.17, 15) is 26.4 Å². The van der Waals surface area contributed by atoms with Crippen molar-refractivity contribution in [1.82, 2.24) is 14.1 Å². The van der Waals surface area contributed by atoms with Gasteiger partial charge in [-0.25, -0.2) is 13.2 Å². The van der Waals surface area contributed by atoms with Crippen molar-refractivity contribution in [3.05, 3.63) is 65.2 Å². The summed E-state index contributed by atoms with van der Waals surface area (Å²) in [7, 11) is -4.00. The molecule has 6 rings (SSSR count). The van der Waals surface area contributed by atoms with Crippen LogP contribution >= 0.6 is 0 Å². The van der Waals surface area contributed by atoms with Gasteiger partial charge in [-0.15, -0.1) is 0 Å². The highest BCUT2D eigenvalue weighted by atomic mass is 32.2. The Balaban J connectivity index is 1.20. The van der Waals surface area contributed by atoms with Gasteiger partial charge >= 0.3 is 12.3 Å². The van der Waals surface area contributed by atoms with Crippen molar-refractivity contribution in [2.45, 2.75) is 86.6 Å². The summed E-state index contributed by atoms with van der Waals surface area (Å²) in [5.41, 5.74) is 0.889. The van der Waals surface area contributed by atoms with E-state index in [1.165, 1.54) is 9.87 Å². The third kappa shape index (κ3) is 5.14. The number of carbonyl (C=O) groups excluding carboxylic acids is 1. The van der Waals surface area contributed by atoms with E-state index in [0.717, 1.165) is 81.4 Å². The summed E-state index contributed by atoms with van der Waals surface area (Å²) in [6, 6.07) is 12.5. The number of piperidine rings is 2. The Morgan fingerprint density at radius 2 is 1.61 bits per heavy atom. The molecule has 2 bridgehead atoms. The highest BCUT2D eigenvalue weighted by Crippen LogP contribution is 2.45. The lowest BCUT2D eigenvalue weighted by Gasteiger charge is -2.51. The summed E-state index contributed by atoms with van der Waals surface area (Å²) in [6.07, 6.45) is 0.695. The van der Waals surface area contributed by atoms with E-state index in [0.29, 0.717) is 19.2 Å². The lowest BCUT2D eigenvalue weighted by atomic mass is 9.69. The summed E-state index contributed by atoms with van der Waals surface area (Å²) in [4.78, 5) is 16.9. The van der Waals surface area contributed by atoms with Crippen molar-refractivity contribution >= 4 is 16.1 Å². The van der Waals surface area contributed by atoms with E-state index in [4.69, 9.17) is 4.74 Å². The van der Waals surface area contributed by atoms with E-state index < -0.39 is 21.8 Å². The number of carbonyl (C=O) groups is 1. The Kier molecular flexibility index (Phi) is 7.35. The minimum absolute atomic E-state index is 0.124. The van der Waals surface area contributed by atoms with E-state index in [1.54, 1.807) is 0 Å². The van der Waals surface area contributed by atoms with Gasteiger partial charge in [0.05, 0.1) is 17.1 Å². The van der Waals surface area contributed by atoms with Crippen LogP contribution in [0.15, 0.2) is 53.4 Å². The first-order valence-corrected chi connectivity index (χ1v) is 15.9. The van der Waals surface area contributed by atoms with Gasteiger partial charge in [-0.1, -0.05) is 24.3 Å². The Hall–Kier alpha value is -2.63. The molecule has 4 aliphatic heterocycles. The Bertz CT molecular complexity index is 1380. The van der Waals surface area contributed by atoms with Gasteiger partial charge in [0.15, 0.2) is 0 Å². The molecule has 3 fully saturated rings. The first kappa shape index (κ1) is 28.5. The van der Waals surface area contributed by atoms with Gasteiger partial charge in [0.1, 0.15) is 0 Å². The quantitative estimate of drug-likeness (QED) is 0.477. The molecule has 0 saturated carbocycles. The van der Waals surface area contributed by atoms with E-state index in [2.05, 4.69) is 11.0 Å². The molecule has 0 aliphatic carbocycles. The summed E-state index contributed by atoms with van der Waals surface area (Å²) in [6.45, 7) is 4.35. The van der Waals surface area contributed by atoms with Crippen LogP contribution in [0.4, 0.5) is 18.0 Å². The van der Waals surface area contributed by atoms with Crippen LogP contribution in [0.3, 0.4) is 0 Å². The van der Waals surface area contributed by atoms with Gasteiger partial charge in [-0.2, -0.15) is 17.5 Å². The zero-order valence-electron chi connectivity index (χ0n) is 23.1. The molecule has 11 heteroatoms. The largest absolute Gasteiger partial charge is 0.450 e. The smallest absolute Gasteiger partial charge is 0.416 e. The molecule has 7 nitrogen and oxygen atoms in total. The molecular formula is C30H36F3N3O4S. The molecule has 2 unspecified atom stereocenters. The van der Waals surface area contributed by atoms with Crippen molar-refractivity contribution in [3.63, 3.8) is 0 Å². The average Bonchev–Trinajstić information content (AvgIpc) is 3.22. The number of ether oxygens (including phenoxy) is 1. The van der Waals surface area contributed by atoms with Crippen molar-refractivity contribution in [2.75, 3.05) is 26.2 Å². The fourth-order valence-electron chi connectivity index (χ4n) is 7.67. The predicted molar refractivity (Wildman–Crippen MR) is 147 cm³/mol. The molecule has 4 heterocycles. The number of nitrogens with zero attached hydrogens (tertiary/aromatic N) is 3. The number of fused-ring (bicyclic) bond motifs is 4. The summed E-state index contributed by atoms with van der Waals surface area (Å²) >= 11 is 0. The number of hydrogen-bond acceptors (Lipinski definition) is 5. The molecule has 1 amide bonds. The first-order chi connectivity index (χ1) is 19.5. The molecule has 222 valence electrons. The molecule has 0 radical (unpaired) electrons. The molecule has 2 aromatic rings. The second-order valence-electron chi connectivity index (χ2n) is 11.9. The third-order valence-corrected chi connectivity index (χ3v) is 11.5. The van der Waals surface area contributed by atoms with Crippen LogP contribution < -0.4 is 0 Å². The predicted octanol–water partition coefficient (Wildman–Crippen LogP) is 5.40. The standard InChI is InChI=1S/C30H36F3N3O4S/c1-2-40-28(37)36-23-9-10-24(36)18-25(17-23)34-15-13-29(14-16-34)20-35(19-21-5-3-4-6-27(21)29)41(38,39)26-11-7-22(8-12-26)30(31,32)33/h3-8,11-12,23-25H,2,9-10,13-20H2,1H3. The Labute approximate surface area is 239 Å². The molecule has 1 spiro atoms. The number of rotatable bonds is 4. The van der Waals surface area contributed by atoms with Gasteiger partial charge in [0.2, 0.25) is 10.0 Å². The highest BCUT2D eigenvalue weighted by molar-refractivity contribution is 7.89. The molecule has 4 aliphatic rings. The molecule has 0 aromatic heterocycles. The minimum Gasteiger partial charge on any atom is -0.450 e. The summed E-state index contributed by atoms with van der Waals surface area (Å²) in [5, 5.41) is 0. The number of benzene rings is 2. The van der Waals surface area contributed by atoms with Gasteiger partial charge in [-0.05, 0) is 93.9 Å². The SMILES string of the molecule is CCOC(=O)N1C2CCC1CC(N1CCC3(CC1)CN(S(=O)(=O)c1ccc(C(F)(F)F)cc1)Cc1ccccc13)C2. The molecule has 2 atom stereocenters. The van der Waals surface area contributed by atoms with Crippen LogP contribution in [-0.2, 0) is 32.9 Å². The molecule has 41 heavy (non-hydrogen) atoms. The third-order valence-electron chi connectivity index (χ3n) is 9.69. The zero-order valence-corrected chi connectivity index (χ0v) is 24.0. The first-order valence-electron chi connectivity index (χ1n) is 14.5. The van der Waals surface area contributed by atoms with Gasteiger partial charge in [0.25, 0.3) is 0 Å². The topological polar surface area (TPSA) is 70.2 Å². The van der Waals surface area contributed by atoms with E-state index in [-0.39, 0.29) is 35.0 Å². The van der Waals surface area contributed by atoms with Gasteiger partial charge < -0.3 is 14.5 Å². The van der Waals surface area contributed by atoms with Crippen LogP contribution in [-0.4, -0.2) is 73.0 Å². The van der Waals surface area contributed by atoms with Crippen molar-refractivity contribution < 1.29 is 31.1 Å². The second kappa shape index (κ2) is 10.6. The van der Waals surface area contributed by atoms with Crippen LogP contribution in [0.1, 0.15) is 62.1 Å². The molecule has 2 aromatic carbocycles. The zero-order chi connectivity index (χ0) is 29.0. The minimum atomic E-state index is -4.53. The van der Waals surface area contributed by atoms with Crippen LogP contribution in [0, 0.1) is 0 Å².